The average Bonchev–Trinajstić information content (AvgIpc) is 3.19. The lowest BCUT2D eigenvalue weighted by molar-refractivity contribution is -0.137. The van der Waals surface area contributed by atoms with E-state index in [1.54, 1.807) is 0 Å². The monoisotopic (exact) mass is 380 g/mol. The minimum atomic E-state index is -4.37. The lowest BCUT2D eigenvalue weighted by Crippen LogP contribution is -2.49. The first-order chi connectivity index (χ1) is 12.9. The van der Waals surface area contributed by atoms with Gasteiger partial charge in [0.05, 0.1) is 5.56 Å². The van der Waals surface area contributed by atoms with Crippen molar-refractivity contribution >= 4 is 5.91 Å². The van der Waals surface area contributed by atoms with E-state index in [9.17, 15) is 18.0 Å². The largest absolute Gasteiger partial charge is 0.416 e. The van der Waals surface area contributed by atoms with Gasteiger partial charge in [-0.05, 0) is 74.6 Å². The number of carbonyl (C=O) groups is 1. The molecule has 2 atom stereocenters. The molecular weight excluding hydrogens is 353 g/mol. The quantitative estimate of drug-likeness (QED) is 0.773. The molecule has 1 amide bonds. The Labute approximate surface area is 158 Å². The van der Waals surface area contributed by atoms with E-state index in [1.165, 1.54) is 37.8 Å². The maximum Gasteiger partial charge on any atom is 0.416 e. The molecule has 1 aromatic rings. The van der Waals surface area contributed by atoms with Gasteiger partial charge in [0.25, 0.3) is 5.91 Å². The smallest absolute Gasteiger partial charge is 0.348 e. The Bertz CT molecular complexity index is 693. The molecule has 0 aromatic heterocycles. The molecule has 27 heavy (non-hydrogen) atoms. The van der Waals surface area contributed by atoms with Crippen LogP contribution in [0.25, 0.3) is 0 Å². The molecular formula is C21H27F3N2O. The highest BCUT2D eigenvalue weighted by Gasteiger charge is 2.36. The summed E-state index contributed by atoms with van der Waals surface area (Å²) in [5.41, 5.74) is 0.306. The van der Waals surface area contributed by atoms with Gasteiger partial charge < -0.3 is 10.6 Å². The van der Waals surface area contributed by atoms with Crippen LogP contribution in [0.15, 0.2) is 18.2 Å². The van der Waals surface area contributed by atoms with Crippen molar-refractivity contribution in [2.75, 3.05) is 0 Å². The molecule has 6 heteroatoms. The number of hydrogen-bond acceptors (Lipinski definition) is 2. The molecule has 3 fully saturated rings. The number of hydrogen-bond donors (Lipinski definition) is 2. The van der Waals surface area contributed by atoms with Crippen LogP contribution in [0.3, 0.4) is 0 Å². The second kappa shape index (κ2) is 7.46. The molecule has 0 saturated heterocycles. The van der Waals surface area contributed by atoms with Gasteiger partial charge in [0.15, 0.2) is 0 Å². The van der Waals surface area contributed by atoms with Crippen molar-refractivity contribution in [3.8, 4) is 0 Å². The normalized spacial score (nSPS) is 26.5. The predicted molar refractivity (Wildman–Crippen MR) is 97.7 cm³/mol. The molecule has 3 aliphatic carbocycles. The first-order valence-corrected chi connectivity index (χ1v) is 10.2. The summed E-state index contributed by atoms with van der Waals surface area (Å²) >= 11 is 0. The van der Waals surface area contributed by atoms with Gasteiger partial charge in [-0.2, -0.15) is 13.2 Å². The third-order valence-electron chi connectivity index (χ3n) is 6.28. The number of benzene rings is 1. The SMILES string of the molecule is O=C(N[C@H]1CCC[C@H]1NC1CCCC1)c1ccc(C(F)(F)F)cc1C1CC1. The Morgan fingerprint density at radius 2 is 1.63 bits per heavy atom. The number of halogens is 3. The van der Waals surface area contributed by atoms with Crippen molar-refractivity contribution in [2.45, 2.75) is 88.0 Å². The molecule has 0 aliphatic heterocycles. The van der Waals surface area contributed by atoms with Crippen LogP contribution >= 0.6 is 0 Å². The third-order valence-corrected chi connectivity index (χ3v) is 6.28. The zero-order chi connectivity index (χ0) is 19.0. The maximum atomic E-state index is 13.0. The molecule has 0 radical (unpaired) electrons. The van der Waals surface area contributed by atoms with Crippen LogP contribution in [0.4, 0.5) is 13.2 Å². The molecule has 1 aromatic carbocycles. The molecule has 3 aliphatic rings. The summed E-state index contributed by atoms with van der Waals surface area (Å²) < 4.78 is 39.1. The standard InChI is InChI=1S/C21H27F3N2O/c22-21(23,24)14-10-11-16(17(12-14)13-8-9-13)20(27)26-19-7-3-6-18(19)25-15-4-1-2-5-15/h10-13,15,18-19,25H,1-9H2,(H,26,27)/t18-,19+/m1/s1. The summed E-state index contributed by atoms with van der Waals surface area (Å²) in [7, 11) is 0. The van der Waals surface area contributed by atoms with Gasteiger partial charge in [0.2, 0.25) is 0 Å². The van der Waals surface area contributed by atoms with Gasteiger partial charge >= 0.3 is 6.18 Å². The second-order valence-corrected chi connectivity index (χ2v) is 8.34. The number of amides is 1. The lowest BCUT2D eigenvalue weighted by atomic mass is 9.98. The molecule has 0 bridgehead atoms. The lowest BCUT2D eigenvalue weighted by Gasteiger charge is -2.26. The fraction of sp³-hybridized carbons (Fsp3) is 0.667. The van der Waals surface area contributed by atoms with E-state index in [0.29, 0.717) is 17.2 Å². The van der Waals surface area contributed by atoms with Crippen molar-refractivity contribution in [1.29, 1.82) is 0 Å². The van der Waals surface area contributed by atoms with Crippen molar-refractivity contribution in [3.63, 3.8) is 0 Å². The fourth-order valence-corrected chi connectivity index (χ4v) is 4.65. The van der Waals surface area contributed by atoms with E-state index in [4.69, 9.17) is 0 Å². The van der Waals surface area contributed by atoms with E-state index in [-0.39, 0.29) is 23.9 Å². The van der Waals surface area contributed by atoms with E-state index < -0.39 is 11.7 Å². The van der Waals surface area contributed by atoms with Gasteiger partial charge in [-0.3, -0.25) is 4.79 Å². The first-order valence-electron chi connectivity index (χ1n) is 10.2. The molecule has 3 saturated carbocycles. The van der Waals surface area contributed by atoms with Crippen molar-refractivity contribution in [1.82, 2.24) is 10.6 Å². The van der Waals surface area contributed by atoms with Crippen LogP contribution in [0.2, 0.25) is 0 Å². The van der Waals surface area contributed by atoms with E-state index in [2.05, 4.69) is 10.6 Å². The molecule has 0 heterocycles. The zero-order valence-corrected chi connectivity index (χ0v) is 15.4. The van der Waals surface area contributed by atoms with Crippen molar-refractivity contribution in [2.24, 2.45) is 0 Å². The minimum Gasteiger partial charge on any atom is -0.348 e. The van der Waals surface area contributed by atoms with Gasteiger partial charge in [-0.15, -0.1) is 0 Å². The van der Waals surface area contributed by atoms with E-state index in [0.717, 1.165) is 38.2 Å². The molecule has 4 rings (SSSR count). The fourth-order valence-electron chi connectivity index (χ4n) is 4.65. The Balaban J connectivity index is 1.47. The minimum absolute atomic E-state index is 0.0624. The van der Waals surface area contributed by atoms with Crippen LogP contribution in [-0.4, -0.2) is 24.0 Å². The first kappa shape index (κ1) is 18.8. The molecule has 3 nitrogen and oxygen atoms in total. The highest BCUT2D eigenvalue weighted by Crippen LogP contribution is 2.43. The summed E-state index contributed by atoms with van der Waals surface area (Å²) in [5, 5.41) is 6.82. The Morgan fingerprint density at radius 1 is 0.926 bits per heavy atom. The molecule has 0 spiro atoms. The van der Waals surface area contributed by atoms with Crippen LogP contribution in [0.5, 0.6) is 0 Å². The number of rotatable bonds is 5. The van der Waals surface area contributed by atoms with E-state index >= 15 is 0 Å². The Kier molecular flexibility index (Phi) is 5.19. The van der Waals surface area contributed by atoms with Gasteiger partial charge in [-0.1, -0.05) is 12.8 Å². The van der Waals surface area contributed by atoms with Gasteiger partial charge in [-0.25, -0.2) is 0 Å². The number of carbonyl (C=O) groups excluding carboxylic acids is 1. The number of nitrogens with one attached hydrogen (secondary N) is 2. The van der Waals surface area contributed by atoms with Crippen LogP contribution in [0, 0.1) is 0 Å². The Hall–Kier alpha value is -1.56. The van der Waals surface area contributed by atoms with E-state index in [1.807, 2.05) is 0 Å². The highest BCUT2D eigenvalue weighted by atomic mass is 19.4. The van der Waals surface area contributed by atoms with Gasteiger partial charge in [0.1, 0.15) is 0 Å². The summed E-state index contributed by atoms with van der Waals surface area (Å²) in [6.45, 7) is 0. The summed E-state index contributed by atoms with van der Waals surface area (Å²) in [6, 6.07) is 4.45. The second-order valence-electron chi connectivity index (χ2n) is 8.34. The summed E-state index contributed by atoms with van der Waals surface area (Å²) in [5.74, 6) is -0.139. The van der Waals surface area contributed by atoms with Gasteiger partial charge in [0, 0.05) is 23.7 Å². The summed E-state index contributed by atoms with van der Waals surface area (Å²) in [4.78, 5) is 12.9. The number of alkyl halides is 3. The topological polar surface area (TPSA) is 41.1 Å². The molecule has 0 unspecified atom stereocenters. The van der Waals surface area contributed by atoms with Crippen molar-refractivity contribution in [3.05, 3.63) is 34.9 Å². The summed E-state index contributed by atoms with van der Waals surface area (Å²) in [6.07, 6.45) is 5.30. The highest BCUT2D eigenvalue weighted by molar-refractivity contribution is 5.96. The van der Waals surface area contributed by atoms with Crippen LogP contribution in [-0.2, 0) is 6.18 Å². The van der Waals surface area contributed by atoms with Crippen molar-refractivity contribution < 1.29 is 18.0 Å². The predicted octanol–water partition coefficient (Wildman–Crippen LogP) is 4.77. The third kappa shape index (κ3) is 4.31. The average molecular weight is 380 g/mol. The zero-order valence-electron chi connectivity index (χ0n) is 15.4. The molecule has 148 valence electrons. The maximum absolute atomic E-state index is 13.0. The Morgan fingerprint density at radius 3 is 2.30 bits per heavy atom. The van der Waals surface area contributed by atoms with Crippen LogP contribution < -0.4 is 10.6 Å². The van der Waals surface area contributed by atoms with Crippen LogP contribution in [0.1, 0.15) is 85.2 Å². The molecule has 2 N–H and O–H groups in total.